The highest BCUT2D eigenvalue weighted by molar-refractivity contribution is 5.70. The van der Waals surface area contributed by atoms with E-state index >= 15 is 0 Å². The van der Waals surface area contributed by atoms with Crippen molar-refractivity contribution in [3.63, 3.8) is 0 Å². The summed E-state index contributed by atoms with van der Waals surface area (Å²) in [7, 11) is 0. The van der Waals surface area contributed by atoms with E-state index in [0.717, 1.165) is 18.8 Å². The Bertz CT molecular complexity index is 188. The molecule has 2 aliphatic rings. The fourth-order valence-electron chi connectivity index (χ4n) is 2.40. The third-order valence-electron chi connectivity index (χ3n) is 3.19. The van der Waals surface area contributed by atoms with Crippen molar-refractivity contribution in [2.45, 2.75) is 45.1 Å². The van der Waals surface area contributed by atoms with Crippen LogP contribution in [0, 0.1) is 11.8 Å². The van der Waals surface area contributed by atoms with Crippen LogP contribution in [-0.4, -0.2) is 12.1 Å². The molecule has 3 atom stereocenters. The van der Waals surface area contributed by atoms with Crippen LogP contribution in [0.15, 0.2) is 0 Å². The lowest BCUT2D eigenvalue weighted by atomic mass is 9.77. The Hall–Kier alpha value is -0.530. The van der Waals surface area contributed by atoms with Crippen molar-refractivity contribution in [1.29, 1.82) is 0 Å². The fraction of sp³-hybridized carbons (Fsp3) is 0.900. The minimum atomic E-state index is 0.0188. The lowest BCUT2D eigenvalue weighted by Crippen LogP contribution is -2.37. The Balaban J connectivity index is 1.99. The molecule has 0 N–H and O–H groups in total. The van der Waals surface area contributed by atoms with Gasteiger partial charge in [-0.15, -0.1) is 0 Å². The highest BCUT2D eigenvalue weighted by Crippen LogP contribution is 2.36. The van der Waals surface area contributed by atoms with Gasteiger partial charge in [0.1, 0.15) is 6.10 Å². The van der Waals surface area contributed by atoms with Gasteiger partial charge in [-0.25, -0.2) is 0 Å². The molecule has 2 rings (SSSR count). The van der Waals surface area contributed by atoms with E-state index in [2.05, 4.69) is 6.92 Å². The first-order chi connectivity index (χ1) is 5.75. The van der Waals surface area contributed by atoms with Crippen molar-refractivity contribution in [2.75, 3.05) is 0 Å². The lowest BCUT2D eigenvalue weighted by molar-refractivity contribution is -0.161. The Kier molecular flexibility index (Phi) is 2.07. The number of carbonyl (C=O) groups excluding carboxylic acids is 1. The standard InChI is InChI=1S/C10H16O2/c1-7-2-3-8-4-5-10(11)12-9(8)6-7/h7-9H,2-6H2,1H3/t7-,8+,9+/m0/s1. The van der Waals surface area contributed by atoms with E-state index < -0.39 is 0 Å². The maximum absolute atomic E-state index is 11.0. The van der Waals surface area contributed by atoms with E-state index in [9.17, 15) is 4.79 Å². The molecule has 2 fully saturated rings. The van der Waals surface area contributed by atoms with Crippen molar-refractivity contribution in [1.82, 2.24) is 0 Å². The van der Waals surface area contributed by atoms with Gasteiger partial charge in [0.05, 0.1) is 0 Å². The number of ether oxygens (including phenoxy) is 1. The molecule has 0 bridgehead atoms. The molecule has 0 aromatic rings. The predicted molar refractivity (Wildman–Crippen MR) is 45.6 cm³/mol. The minimum absolute atomic E-state index is 0.0188. The minimum Gasteiger partial charge on any atom is -0.462 e. The molecule has 1 aliphatic heterocycles. The van der Waals surface area contributed by atoms with Crippen molar-refractivity contribution in [3.05, 3.63) is 0 Å². The quantitative estimate of drug-likeness (QED) is 0.518. The summed E-state index contributed by atoms with van der Waals surface area (Å²) in [6, 6.07) is 0. The van der Waals surface area contributed by atoms with Gasteiger partial charge in [-0.2, -0.15) is 0 Å². The molecular weight excluding hydrogens is 152 g/mol. The van der Waals surface area contributed by atoms with Gasteiger partial charge in [-0.1, -0.05) is 13.3 Å². The number of carbonyl (C=O) groups is 1. The molecule has 0 aromatic carbocycles. The van der Waals surface area contributed by atoms with Gasteiger partial charge in [0.15, 0.2) is 0 Å². The summed E-state index contributed by atoms with van der Waals surface area (Å²) >= 11 is 0. The van der Waals surface area contributed by atoms with E-state index in [-0.39, 0.29) is 12.1 Å². The molecule has 1 heterocycles. The molecule has 2 nitrogen and oxygen atoms in total. The van der Waals surface area contributed by atoms with E-state index in [0.29, 0.717) is 12.3 Å². The highest BCUT2D eigenvalue weighted by Gasteiger charge is 2.34. The number of hydrogen-bond donors (Lipinski definition) is 0. The second-order valence-corrected chi connectivity index (χ2v) is 4.25. The first kappa shape index (κ1) is 8.09. The molecule has 0 radical (unpaired) electrons. The number of esters is 1. The van der Waals surface area contributed by atoms with Crippen LogP contribution in [0.3, 0.4) is 0 Å². The summed E-state index contributed by atoms with van der Waals surface area (Å²) in [6.07, 6.45) is 5.65. The van der Waals surface area contributed by atoms with E-state index in [1.54, 1.807) is 0 Å². The first-order valence-electron chi connectivity index (χ1n) is 4.95. The SMILES string of the molecule is C[C@H]1CC[C@@H]2CCC(=O)O[C@@H]2C1. The molecule has 1 saturated heterocycles. The Morgan fingerprint density at radius 3 is 3.00 bits per heavy atom. The van der Waals surface area contributed by atoms with Crippen LogP contribution in [-0.2, 0) is 9.53 Å². The summed E-state index contributed by atoms with van der Waals surface area (Å²) in [5.41, 5.74) is 0. The normalized spacial score (nSPS) is 41.8. The van der Waals surface area contributed by atoms with E-state index in [4.69, 9.17) is 4.74 Å². The number of rotatable bonds is 0. The molecule has 12 heavy (non-hydrogen) atoms. The van der Waals surface area contributed by atoms with Crippen molar-refractivity contribution in [3.8, 4) is 0 Å². The molecule has 0 spiro atoms. The molecule has 0 aromatic heterocycles. The van der Waals surface area contributed by atoms with Gasteiger partial charge in [-0.05, 0) is 31.1 Å². The summed E-state index contributed by atoms with van der Waals surface area (Å²) in [5.74, 6) is 1.45. The van der Waals surface area contributed by atoms with Crippen LogP contribution >= 0.6 is 0 Å². The second-order valence-electron chi connectivity index (χ2n) is 4.25. The van der Waals surface area contributed by atoms with Crippen molar-refractivity contribution in [2.24, 2.45) is 11.8 Å². The van der Waals surface area contributed by atoms with Crippen LogP contribution in [0.25, 0.3) is 0 Å². The van der Waals surface area contributed by atoms with Gasteiger partial charge >= 0.3 is 5.97 Å². The molecule has 1 saturated carbocycles. The smallest absolute Gasteiger partial charge is 0.306 e. The molecule has 68 valence electrons. The van der Waals surface area contributed by atoms with Crippen LogP contribution in [0.4, 0.5) is 0 Å². The van der Waals surface area contributed by atoms with Gasteiger partial charge in [0, 0.05) is 6.42 Å². The lowest BCUT2D eigenvalue weighted by Gasteiger charge is -2.37. The van der Waals surface area contributed by atoms with Gasteiger partial charge in [-0.3, -0.25) is 4.79 Å². The number of fused-ring (bicyclic) bond motifs is 1. The van der Waals surface area contributed by atoms with Crippen LogP contribution in [0.2, 0.25) is 0 Å². The Morgan fingerprint density at radius 2 is 2.17 bits per heavy atom. The van der Waals surface area contributed by atoms with Crippen LogP contribution in [0.5, 0.6) is 0 Å². The van der Waals surface area contributed by atoms with Gasteiger partial charge in [0.25, 0.3) is 0 Å². The maximum Gasteiger partial charge on any atom is 0.306 e. The summed E-state index contributed by atoms with van der Waals surface area (Å²) < 4.78 is 5.32. The topological polar surface area (TPSA) is 26.3 Å². The van der Waals surface area contributed by atoms with Crippen LogP contribution < -0.4 is 0 Å². The molecule has 2 heteroatoms. The third kappa shape index (κ3) is 1.47. The monoisotopic (exact) mass is 168 g/mol. The first-order valence-corrected chi connectivity index (χ1v) is 4.95. The van der Waals surface area contributed by atoms with E-state index in [1.165, 1.54) is 12.8 Å². The molecule has 1 aliphatic carbocycles. The Labute approximate surface area is 73.3 Å². The van der Waals surface area contributed by atoms with Gasteiger partial charge in [0.2, 0.25) is 0 Å². The Morgan fingerprint density at radius 1 is 1.33 bits per heavy atom. The maximum atomic E-state index is 11.0. The van der Waals surface area contributed by atoms with Gasteiger partial charge < -0.3 is 4.74 Å². The largest absolute Gasteiger partial charge is 0.462 e. The van der Waals surface area contributed by atoms with Crippen molar-refractivity contribution >= 4 is 5.97 Å². The average molecular weight is 168 g/mol. The second kappa shape index (κ2) is 3.08. The molecule has 0 amide bonds. The zero-order valence-electron chi connectivity index (χ0n) is 7.58. The zero-order valence-corrected chi connectivity index (χ0v) is 7.58. The number of hydrogen-bond acceptors (Lipinski definition) is 2. The summed E-state index contributed by atoms with van der Waals surface area (Å²) in [6.45, 7) is 2.25. The van der Waals surface area contributed by atoms with Crippen LogP contribution in [0.1, 0.15) is 39.0 Å². The van der Waals surface area contributed by atoms with Crippen molar-refractivity contribution < 1.29 is 9.53 Å². The predicted octanol–water partition coefficient (Wildman–Crippen LogP) is 2.13. The average Bonchev–Trinajstić information content (AvgIpc) is 2.03. The molecular formula is C10H16O2. The third-order valence-corrected chi connectivity index (χ3v) is 3.19. The zero-order chi connectivity index (χ0) is 8.55. The van der Waals surface area contributed by atoms with E-state index in [1.807, 2.05) is 0 Å². The summed E-state index contributed by atoms with van der Waals surface area (Å²) in [5, 5.41) is 0. The summed E-state index contributed by atoms with van der Waals surface area (Å²) in [4.78, 5) is 11.0. The molecule has 0 unspecified atom stereocenters. The highest BCUT2D eigenvalue weighted by atomic mass is 16.5. The fourth-order valence-corrected chi connectivity index (χ4v) is 2.40.